The summed E-state index contributed by atoms with van der Waals surface area (Å²) in [4.78, 5) is 12.7. The normalized spacial score (nSPS) is 18.6. The Balaban J connectivity index is 1.86. The number of hydrogen-bond donors (Lipinski definition) is 0. The third-order valence-corrected chi connectivity index (χ3v) is 4.40. The molecule has 0 radical (unpaired) electrons. The lowest BCUT2D eigenvalue weighted by molar-refractivity contribution is -0.112. The van der Waals surface area contributed by atoms with Gasteiger partial charge < -0.3 is 0 Å². The fraction of sp³-hybridized carbons (Fsp3) is 0.150. The summed E-state index contributed by atoms with van der Waals surface area (Å²) in [5.74, 6) is 0.140. The van der Waals surface area contributed by atoms with Gasteiger partial charge in [-0.15, -0.1) is 0 Å². The molecule has 1 aliphatic rings. The topological polar surface area (TPSA) is 17.1 Å². The van der Waals surface area contributed by atoms with Crippen LogP contribution in [0.1, 0.15) is 30.4 Å². The predicted molar refractivity (Wildman–Crippen MR) is 97.7 cm³/mol. The monoisotopic (exact) mass is 342 g/mol. The van der Waals surface area contributed by atoms with Gasteiger partial charge in [-0.05, 0) is 66.8 Å². The number of halogens is 2. The van der Waals surface area contributed by atoms with Gasteiger partial charge in [0.25, 0.3) is 0 Å². The van der Waals surface area contributed by atoms with Crippen LogP contribution in [0.4, 0.5) is 0 Å². The highest BCUT2D eigenvalue weighted by molar-refractivity contribution is 6.30. The first-order valence-corrected chi connectivity index (χ1v) is 8.34. The summed E-state index contributed by atoms with van der Waals surface area (Å²) in [5, 5.41) is 1.40. The number of ketones is 1. The van der Waals surface area contributed by atoms with E-state index in [9.17, 15) is 4.79 Å². The minimum atomic E-state index is 0.140. The van der Waals surface area contributed by atoms with E-state index in [1.807, 2.05) is 60.7 Å². The molecule has 1 aliphatic carbocycles. The van der Waals surface area contributed by atoms with Crippen LogP contribution in [0, 0.1) is 0 Å². The Bertz CT molecular complexity index is 703. The summed E-state index contributed by atoms with van der Waals surface area (Å²) in [6.45, 7) is 0. The number of Topliss-reactive ketones (excluding diaryl/α,β-unsaturated/α-hetero) is 1. The Labute approximate surface area is 146 Å². The van der Waals surface area contributed by atoms with Crippen LogP contribution in [-0.2, 0) is 4.79 Å². The Kier molecular flexibility index (Phi) is 5.00. The first-order valence-electron chi connectivity index (χ1n) is 7.59. The van der Waals surface area contributed by atoms with Crippen molar-refractivity contribution in [2.24, 2.45) is 0 Å². The molecule has 23 heavy (non-hydrogen) atoms. The molecular formula is C20H16Cl2O. The molecule has 0 N–H and O–H groups in total. The molecule has 0 aliphatic heterocycles. The van der Waals surface area contributed by atoms with Crippen molar-refractivity contribution in [1.82, 2.24) is 0 Å². The minimum absolute atomic E-state index is 0.140. The zero-order valence-corrected chi connectivity index (χ0v) is 14.1. The second kappa shape index (κ2) is 7.16. The van der Waals surface area contributed by atoms with E-state index < -0.39 is 0 Å². The van der Waals surface area contributed by atoms with Gasteiger partial charge >= 0.3 is 0 Å². The molecule has 0 spiro atoms. The molecule has 0 aromatic heterocycles. The van der Waals surface area contributed by atoms with Gasteiger partial charge in [0.05, 0.1) is 0 Å². The van der Waals surface area contributed by atoms with E-state index in [2.05, 4.69) is 0 Å². The first-order chi connectivity index (χ1) is 11.1. The average Bonchev–Trinajstić information content (AvgIpc) is 2.55. The third kappa shape index (κ3) is 4.13. The largest absolute Gasteiger partial charge is 0.289 e. The van der Waals surface area contributed by atoms with Crippen LogP contribution in [0.15, 0.2) is 59.7 Å². The van der Waals surface area contributed by atoms with E-state index in [-0.39, 0.29) is 5.78 Å². The van der Waals surface area contributed by atoms with E-state index in [4.69, 9.17) is 23.2 Å². The number of carbonyl (C=O) groups excluding carboxylic acids is 1. The smallest absolute Gasteiger partial charge is 0.185 e. The summed E-state index contributed by atoms with van der Waals surface area (Å²) in [6, 6.07) is 15.1. The van der Waals surface area contributed by atoms with E-state index in [1.54, 1.807) is 0 Å². The second-order valence-electron chi connectivity index (χ2n) is 5.62. The standard InChI is InChI=1S/C20H16Cl2O/c21-18-8-4-14(5-9-18)12-16-2-1-3-17(20(16)23)13-15-6-10-19(22)11-7-15/h4-13H,1-3H2/b16-12-,17-13-. The van der Waals surface area contributed by atoms with Gasteiger partial charge in [-0.3, -0.25) is 4.79 Å². The van der Waals surface area contributed by atoms with Gasteiger partial charge in [0.1, 0.15) is 0 Å². The first kappa shape index (κ1) is 16.0. The van der Waals surface area contributed by atoms with E-state index >= 15 is 0 Å². The summed E-state index contributed by atoms with van der Waals surface area (Å²) in [5.41, 5.74) is 3.73. The molecule has 2 aromatic rings. The molecule has 0 saturated heterocycles. The highest BCUT2D eigenvalue weighted by Crippen LogP contribution is 2.28. The van der Waals surface area contributed by atoms with Crippen molar-refractivity contribution in [3.8, 4) is 0 Å². The molecule has 0 atom stereocenters. The van der Waals surface area contributed by atoms with Gasteiger partial charge in [0, 0.05) is 21.2 Å². The highest BCUT2D eigenvalue weighted by Gasteiger charge is 2.20. The molecule has 1 nitrogen and oxygen atoms in total. The van der Waals surface area contributed by atoms with E-state index in [1.165, 1.54) is 0 Å². The zero-order chi connectivity index (χ0) is 16.2. The Morgan fingerprint density at radius 2 is 1.09 bits per heavy atom. The van der Waals surface area contributed by atoms with Crippen molar-refractivity contribution < 1.29 is 4.79 Å². The van der Waals surface area contributed by atoms with Crippen molar-refractivity contribution in [2.75, 3.05) is 0 Å². The maximum atomic E-state index is 12.7. The van der Waals surface area contributed by atoms with Gasteiger partial charge in [-0.1, -0.05) is 47.5 Å². The predicted octanol–water partition coefficient (Wildman–Crippen LogP) is 6.21. The third-order valence-electron chi connectivity index (χ3n) is 3.90. The lowest BCUT2D eigenvalue weighted by atomic mass is 9.87. The molecule has 1 fully saturated rings. The van der Waals surface area contributed by atoms with Crippen LogP contribution in [0.2, 0.25) is 10.0 Å². The van der Waals surface area contributed by atoms with E-state index in [0.717, 1.165) is 41.5 Å². The van der Waals surface area contributed by atoms with Crippen molar-refractivity contribution >= 4 is 41.1 Å². The van der Waals surface area contributed by atoms with Crippen LogP contribution in [0.3, 0.4) is 0 Å². The molecule has 3 rings (SSSR count). The highest BCUT2D eigenvalue weighted by atomic mass is 35.5. The van der Waals surface area contributed by atoms with Crippen molar-refractivity contribution in [1.29, 1.82) is 0 Å². The molecule has 116 valence electrons. The van der Waals surface area contributed by atoms with Crippen molar-refractivity contribution in [3.05, 3.63) is 80.8 Å². The minimum Gasteiger partial charge on any atom is -0.289 e. The van der Waals surface area contributed by atoms with Crippen LogP contribution < -0.4 is 0 Å². The number of benzene rings is 2. The number of carbonyl (C=O) groups is 1. The van der Waals surface area contributed by atoms with Crippen molar-refractivity contribution in [3.63, 3.8) is 0 Å². The van der Waals surface area contributed by atoms with E-state index in [0.29, 0.717) is 10.0 Å². The fourth-order valence-electron chi connectivity index (χ4n) is 2.70. The van der Waals surface area contributed by atoms with Gasteiger partial charge in [0.15, 0.2) is 5.78 Å². The Morgan fingerprint density at radius 1 is 0.696 bits per heavy atom. The molecule has 0 bridgehead atoms. The van der Waals surface area contributed by atoms with Crippen molar-refractivity contribution in [2.45, 2.75) is 19.3 Å². The van der Waals surface area contributed by atoms with Gasteiger partial charge in [-0.25, -0.2) is 0 Å². The quantitative estimate of drug-likeness (QED) is 0.592. The summed E-state index contributed by atoms with van der Waals surface area (Å²) >= 11 is 11.8. The zero-order valence-electron chi connectivity index (χ0n) is 12.6. The van der Waals surface area contributed by atoms with Crippen LogP contribution in [0.5, 0.6) is 0 Å². The SMILES string of the molecule is O=C1/C(=C\c2ccc(Cl)cc2)CCC/C1=C/c1ccc(Cl)cc1. The molecule has 0 unspecified atom stereocenters. The van der Waals surface area contributed by atoms with Crippen LogP contribution in [-0.4, -0.2) is 5.78 Å². The molecule has 0 amide bonds. The van der Waals surface area contributed by atoms with Crippen LogP contribution in [0.25, 0.3) is 12.2 Å². The molecule has 2 aromatic carbocycles. The average molecular weight is 343 g/mol. The second-order valence-corrected chi connectivity index (χ2v) is 6.50. The summed E-state index contributed by atoms with van der Waals surface area (Å²) in [7, 11) is 0. The summed E-state index contributed by atoms with van der Waals surface area (Å²) < 4.78 is 0. The molecule has 3 heteroatoms. The fourth-order valence-corrected chi connectivity index (χ4v) is 2.95. The molecular weight excluding hydrogens is 327 g/mol. The number of allylic oxidation sites excluding steroid dienone is 2. The van der Waals surface area contributed by atoms with Gasteiger partial charge in [0.2, 0.25) is 0 Å². The maximum absolute atomic E-state index is 12.7. The van der Waals surface area contributed by atoms with Gasteiger partial charge in [-0.2, -0.15) is 0 Å². The van der Waals surface area contributed by atoms with Crippen LogP contribution >= 0.6 is 23.2 Å². The maximum Gasteiger partial charge on any atom is 0.185 e. The molecule has 0 heterocycles. The lowest BCUT2D eigenvalue weighted by Gasteiger charge is -2.16. The molecule has 1 saturated carbocycles. The summed E-state index contributed by atoms with van der Waals surface area (Å²) in [6.07, 6.45) is 6.56. The lowest BCUT2D eigenvalue weighted by Crippen LogP contribution is -2.12. The Hall–Kier alpha value is -1.83. The Morgan fingerprint density at radius 3 is 1.48 bits per heavy atom. The number of rotatable bonds is 2. The number of hydrogen-bond acceptors (Lipinski definition) is 1.